The first-order valence-electron chi connectivity index (χ1n) is 5.92. The summed E-state index contributed by atoms with van der Waals surface area (Å²) in [7, 11) is 0. The third-order valence-corrected chi connectivity index (χ3v) is 3.26. The molecule has 0 aliphatic rings. The van der Waals surface area contributed by atoms with Crippen LogP contribution in [0.2, 0.25) is 0 Å². The van der Waals surface area contributed by atoms with Crippen molar-refractivity contribution in [2.24, 2.45) is 5.10 Å². The predicted molar refractivity (Wildman–Crippen MR) is 80.6 cm³/mol. The lowest BCUT2D eigenvalue weighted by Crippen LogP contribution is -2.17. The Morgan fingerprint density at radius 1 is 1.18 bits per heavy atom. The molecular formula is C14H10BrFN2O4. The lowest BCUT2D eigenvalue weighted by atomic mass is 10.2. The highest BCUT2D eigenvalue weighted by Crippen LogP contribution is 2.35. The fourth-order valence-electron chi connectivity index (χ4n) is 1.56. The monoisotopic (exact) mass is 368 g/mol. The molecule has 0 bridgehead atoms. The summed E-state index contributed by atoms with van der Waals surface area (Å²) in [6.45, 7) is 0. The van der Waals surface area contributed by atoms with Gasteiger partial charge in [-0.25, -0.2) is 9.82 Å². The molecule has 0 spiro atoms. The van der Waals surface area contributed by atoms with Gasteiger partial charge in [0.15, 0.2) is 17.2 Å². The summed E-state index contributed by atoms with van der Waals surface area (Å²) in [5.41, 5.74) is 2.63. The summed E-state index contributed by atoms with van der Waals surface area (Å²) in [5, 5.41) is 31.5. The Bertz CT molecular complexity index is 741. The summed E-state index contributed by atoms with van der Waals surface area (Å²) in [5.74, 6) is -3.09. The molecule has 22 heavy (non-hydrogen) atoms. The van der Waals surface area contributed by atoms with Gasteiger partial charge in [-0.05, 0) is 45.8 Å². The first-order valence-corrected chi connectivity index (χ1v) is 6.71. The van der Waals surface area contributed by atoms with Crippen LogP contribution < -0.4 is 5.43 Å². The molecule has 8 heteroatoms. The van der Waals surface area contributed by atoms with Gasteiger partial charge in [-0.3, -0.25) is 4.79 Å². The van der Waals surface area contributed by atoms with Gasteiger partial charge >= 0.3 is 0 Å². The van der Waals surface area contributed by atoms with Crippen molar-refractivity contribution < 1.29 is 24.5 Å². The van der Waals surface area contributed by atoms with Crippen LogP contribution in [-0.4, -0.2) is 27.4 Å². The summed E-state index contributed by atoms with van der Waals surface area (Å²) in [4.78, 5) is 11.8. The van der Waals surface area contributed by atoms with Crippen LogP contribution in [0.3, 0.4) is 0 Å². The molecular weight excluding hydrogens is 359 g/mol. The van der Waals surface area contributed by atoms with E-state index in [2.05, 4.69) is 26.5 Å². The van der Waals surface area contributed by atoms with Crippen LogP contribution in [0.25, 0.3) is 0 Å². The zero-order valence-corrected chi connectivity index (χ0v) is 12.5. The molecule has 0 aliphatic carbocycles. The number of hydrazone groups is 1. The van der Waals surface area contributed by atoms with Crippen LogP contribution >= 0.6 is 15.9 Å². The Labute approximate surface area is 132 Å². The van der Waals surface area contributed by atoms with Crippen molar-refractivity contribution in [2.45, 2.75) is 0 Å². The van der Waals surface area contributed by atoms with Gasteiger partial charge in [0.1, 0.15) is 5.82 Å². The number of carbonyl (C=O) groups is 1. The fraction of sp³-hybridized carbons (Fsp3) is 0. The van der Waals surface area contributed by atoms with Gasteiger partial charge in [-0.15, -0.1) is 0 Å². The van der Waals surface area contributed by atoms with Crippen molar-refractivity contribution in [1.82, 2.24) is 5.43 Å². The number of rotatable bonds is 3. The highest BCUT2D eigenvalue weighted by atomic mass is 79.9. The molecule has 0 heterocycles. The van der Waals surface area contributed by atoms with Crippen LogP contribution in [0.15, 0.2) is 39.9 Å². The average molecular weight is 369 g/mol. The van der Waals surface area contributed by atoms with Crippen LogP contribution in [0.4, 0.5) is 4.39 Å². The van der Waals surface area contributed by atoms with E-state index in [0.717, 1.165) is 12.1 Å². The molecule has 6 nitrogen and oxygen atoms in total. The SMILES string of the molecule is O=C(NN=Cc1ccc(F)c(Br)c1)c1cc(O)c(O)c(O)c1. The largest absolute Gasteiger partial charge is 0.504 e. The Balaban J connectivity index is 2.09. The van der Waals surface area contributed by atoms with Gasteiger partial charge in [-0.2, -0.15) is 5.10 Å². The minimum atomic E-state index is -0.712. The second-order valence-corrected chi connectivity index (χ2v) is 5.09. The molecule has 2 rings (SSSR count). The molecule has 0 radical (unpaired) electrons. The van der Waals surface area contributed by atoms with Crippen LogP contribution in [-0.2, 0) is 0 Å². The smallest absolute Gasteiger partial charge is 0.271 e. The van der Waals surface area contributed by atoms with E-state index in [1.54, 1.807) is 0 Å². The standard InChI is InChI=1S/C14H10BrFN2O4/c15-9-3-7(1-2-10(9)16)6-17-18-14(22)8-4-11(19)13(21)12(20)5-8/h1-6,19-21H,(H,18,22). The number of hydrogen-bond donors (Lipinski definition) is 4. The number of amides is 1. The molecule has 0 fully saturated rings. The molecule has 0 aromatic heterocycles. The van der Waals surface area contributed by atoms with Gasteiger partial charge in [0.25, 0.3) is 5.91 Å². The average Bonchev–Trinajstić information content (AvgIpc) is 2.47. The van der Waals surface area contributed by atoms with Crippen molar-refractivity contribution in [3.8, 4) is 17.2 Å². The Hall–Kier alpha value is -2.61. The molecule has 114 valence electrons. The predicted octanol–water partition coefficient (Wildman–Crippen LogP) is 2.47. The van der Waals surface area contributed by atoms with Crippen molar-refractivity contribution in [1.29, 1.82) is 0 Å². The third-order valence-electron chi connectivity index (χ3n) is 2.66. The van der Waals surface area contributed by atoms with Crippen LogP contribution in [0.5, 0.6) is 17.2 Å². The first kappa shape index (κ1) is 15.8. The van der Waals surface area contributed by atoms with Gasteiger partial charge < -0.3 is 15.3 Å². The van der Waals surface area contributed by atoms with E-state index in [1.165, 1.54) is 24.4 Å². The van der Waals surface area contributed by atoms with Crippen LogP contribution in [0.1, 0.15) is 15.9 Å². The summed E-state index contributed by atoms with van der Waals surface area (Å²) >= 11 is 3.02. The van der Waals surface area contributed by atoms with Gasteiger partial charge in [0, 0.05) is 5.56 Å². The van der Waals surface area contributed by atoms with Gasteiger partial charge in [0.2, 0.25) is 0 Å². The number of nitrogens with one attached hydrogen (secondary N) is 1. The number of carbonyl (C=O) groups excluding carboxylic acids is 1. The topological polar surface area (TPSA) is 102 Å². The first-order chi connectivity index (χ1) is 10.4. The molecule has 1 amide bonds. The van der Waals surface area contributed by atoms with Gasteiger partial charge in [0.05, 0.1) is 10.7 Å². The Morgan fingerprint density at radius 3 is 2.41 bits per heavy atom. The van der Waals surface area contributed by atoms with E-state index in [0.29, 0.717) is 5.56 Å². The zero-order valence-electron chi connectivity index (χ0n) is 10.9. The van der Waals surface area contributed by atoms with Crippen molar-refractivity contribution in [2.75, 3.05) is 0 Å². The number of phenols is 3. The maximum absolute atomic E-state index is 13.0. The molecule has 2 aromatic carbocycles. The molecule has 0 atom stereocenters. The molecule has 0 unspecified atom stereocenters. The van der Waals surface area contributed by atoms with E-state index >= 15 is 0 Å². The Morgan fingerprint density at radius 2 is 1.82 bits per heavy atom. The number of halogens is 2. The quantitative estimate of drug-likeness (QED) is 0.379. The lowest BCUT2D eigenvalue weighted by Gasteiger charge is -2.04. The number of phenolic OH excluding ortho intramolecular Hbond substituents is 3. The summed E-state index contributed by atoms with van der Waals surface area (Å²) in [6, 6.07) is 6.14. The number of hydrogen-bond acceptors (Lipinski definition) is 5. The lowest BCUT2D eigenvalue weighted by molar-refractivity contribution is 0.0954. The molecule has 0 saturated heterocycles. The van der Waals surface area contributed by atoms with Crippen molar-refractivity contribution in [3.63, 3.8) is 0 Å². The van der Waals surface area contributed by atoms with E-state index in [-0.39, 0.29) is 10.0 Å². The van der Waals surface area contributed by atoms with Crippen molar-refractivity contribution >= 4 is 28.1 Å². The number of aromatic hydroxyl groups is 3. The summed E-state index contributed by atoms with van der Waals surface area (Å²) < 4.78 is 13.3. The molecule has 0 aliphatic heterocycles. The second kappa shape index (κ2) is 6.44. The van der Waals surface area contributed by atoms with E-state index in [4.69, 9.17) is 0 Å². The molecule has 4 N–H and O–H groups in total. The molecule has 0 saturated carbocycles. The zero-order chi connectivity index (χ0) is 16.3. The molecule has 2 aromatic rings. The highest BCUT2D eigenvalue weighted by Gasteiger charge is 2.12. The van der Waals surface area contributed by atoms with Gasteiger partial charge in [-0.1, -0.05) is 6.07 Å². The van der Waals surface area contributed by atoms with Crippen LogP contribution in [0, 0.1) is 5.82 Å². The maximum atomic E-state index is 13.0. The number of benzene rings is 2. The highest BCUT2D eigenvalue weighted by molar-refractivity contribution is 9.10. The summed E-state index contributed by atoms with van der Waals surface area (Å²) in [6.07, 6.45) is 1.29. The number of nitrogens with zero attached hydrogens (tertiary/aromatic N) is 1. The van der Waals surface area contributed by atoms with E-state index < -0.39 is 29.0 Å². The normalized spacial score (nSPS) is 10.8. The van der Waals surface area contributed by atoms with Crippen molar-refractivity contribution in [3.05, 3.63) is 51.7 Å². The minimum absolute atomic E-state index is 0.0924. The minimum Gasteiger partial charge on any atom is -0.504 e. The fourth-order valence-corrected chi connectivity index (χ4v) is 1.95. The Kier molecular flexibility index (Phi) is 4.62. The van der Waals surface area contributed by atoms with E-state index in [1.807, 2.05) is 0 Å². The maximum Gasteiger partial charge on any atom is 0.271 e. The van der Waals surface area contributed by atoms with E-state index in [9.17, 15) is 24.5 Å². The third kappa shape index (κ3) is 3.53. The second-order valence-electron chi connectivity index (χ2n) is 4.24.